The van der Waals surface area contributed by atoms with Gasteiger partial charge in [0.15, 0.2) is 0 Å². The average molecular weight is 211 g/mol. The molecule has 1 nitrogen and oxygen atoms in total. The minimum Gasteiger partial charge on any atom is -0.328 e. The molecule has 90 valence electrons. The van der Waals surface area contributed by atoms with Crippen LogP contribution < -0.4 is 5.73 Å². The summed E-state index contributed by atoms with van der Waals surface area (Å²) in [5.74, 6) is 1.01. The molecule has 2 N–H and O–H groups in total. The molecule has 0 aliphatic heterocycles. The van der Waals surface area contributed by atoms with Gasteiger partial charge in [-0.2, -0.15) is 0 Å². The summed E-state index contributed by atoms with van der Waals surface area (Å²) in [6.07, 6.45) is 10.9. The summed E-state index contributed by atoms with van der Waals surface area (Å²) < 4.78 is 0. The van der Waals surface area contributed by atoms with Crippen LogP contribution in [0, 0.1) is 11.3 Å². The minimum atomic E-state index is 0.449. The summed E-state index contributed by atoms with van der Waals surface area (Å²) in [4.78, 5) is 0. The molecule has 1 fully saturated rings. The molecule has 1 aliphatic carbocycles. The number of hydrogen-bond acceptors (Lipinski definition) is 1. The van der Waals surface area contributed by atoms with Crippen molar-refractivity contribution in [1.82, 2.24) is 0 Å². The first kappa shape index (κ1) is 13.0. The smallest absolute Gasteiger partial charge is 0.00391 e. The topological polar surface area (TPSA) is 26.0 Å². The van der Waals surface area contributed by atoms with Crippen molar-refractivity contribution in [3.8, 4) is 0 Å². The van der Waals surface area contributed by atoms with E-state index in [4.69, 9.17) is 5.73 Å². The van der Waals surface area contributed by atoms with Crippen LogP contribution in [0.2, 0.25) is 0 Å². The van der Waals surface area contributed by atoms with E-state index in [1.165, 1.54) is 51.4 Å². The summed E-state index contributed by atoms with van der Waals surface area (Å²) >= 11 is 0. The second-order valence-corrected chi connectivity index (χ2v) is 6.59. The molecule has 1 rings (SSSR count). The quantitative estimate of drug-likeness (QED) is 0.727. The minimum absolute atomic E-state index is 0.449. The molecule has 0 aromatic carbocycles. The maximum Gasteiger partial charge on any atom is 0.00391 e. The second kappa shape index (κ2) is 5.89. The summed E-state index contributed by atoms with van der Waals surface area (Å²) in [5, 5.41) is 0. The maximum absolute atomic E-state index is 6.16. The SMILES string of the molecule is CC(C)(C)CCC(N)CCC1CCCC1. The van der Waals surface area contributed by atoms with E-state index in [2.05, 4.69) is 20.8 Å². The molecule has 1 heteroatoms. The summed E-state index contributed by atoms with van der Waals surface area (Å²) in [6.45, 7) is 6.91. The van der Waals surface area contributed by atoms with Crippen LogP contribution in [0.5, 0.6) is 0 Å². The lowest BCUT2D eigenvalue weighted by Crippen LogP contribution is -2.23. The van der Waals surface area contributed by atoms with Gasteiger partial charge in [-0.15, -0.1) is 0 Å². The highest BCUT2D eigenvalue weighted by Crippen LogP contribution is 2.29. The van der Waals surface area contributed by atoms with Gasteiger partial charge in [-0.3, -0.25) is 0 Å². The van der Waals surface area contributed by atoms with Crippen LogP contribution in [0.25, 0.3) is 0 Å². The Morgan fingerprint density at radius 3 is 2.27 bits per heavy atom. The zero-order valence-electron chi connectivity index (χ0n) is 10.9. The largest absolute Gasteiger partial charge is 0.328 e. The first-order chi connectivity index (χ1) is 6.97. The molecular weight excluding hydrogens is 182 g/mol. The molecule has 0 aromatic rings. The highest BCUT2D eigenvalue weighted by Gasteiger charge is 2.17. The maximum atomic E-state index is 6.16. The Hall–Kier alpha value is -0.0400. The van der Waals surface area contributed by atoms with Gasteiger partial charge in [-0.25, -0.2) is 0 Å². The van der Waals surface area contributed by atoms with Gasteiger partial charge in [0.25, 0.3) is 0 Å². The van der Waals surface area contributed by atoms with E-state index in [0.29, 0.717) is 11.5 Å². The van der Waals surface area contributed by atoms with E-state index >= 15 is 0 Å². The van der Waals surface area contributed by atoms with Crippen molar-refractivity contribution in [1.29, 1.82) is 0 Å². The van der Waals surface area contributed by atoms with Crippen LogP contribution in [0.4, 0.5) is 0 Å². The fraction of sp³-hybridized carbons (Fsp3) is 1.00. The molecule has 15 heavy (non-hydrogen) atoms. The van der Waals surface area contributed by atoms with Gasteiger partial charge in [0.1, 0.15) is 0 Å². The van der Waals surface area contributed by atoms with Crippen LogP contribution in [0.15, 0.2) is 0 Å². The van der Waals surface area contributed by atoms with E-state index < -0.39 is 0 Å². The van der Waals surface area contributed by atoms with E-state index in [1.807, 2.05) is 0 Å². The van der Waals surface area contributed by atoms with Crippen LogP contribution in [-0.2, 0) is 0 Å². The molecule has 0 radical (unpaired) electrons. The van der Waals surface area contributed by atoms with Gasteiger partial charge in [-0.1, -0.05) is 46.5 Å². The van der Waals surface area contributed by atoms with Gasteiger partial charge >= 0.3 is 0 Å². The Bertz CT molecular complexity index is 163. The predicted molar refractivity (Wildman–Crippen MR) is 67.9 cm³/mol. The first-order valence-electron chi connectivity index (χ1n) is 6.73. The highest BCUT2D eigenvalue weighted by molar-refractivity contribution is 4.72. The van der Waals surface area contributed by atoms with E-state index in [0.717, 1.165) is 5.92 Å². The molecule has 0 spiro atoms. The number of hydrogen-bond donors (Lipinski definition) is 1. The Kier molecular flexibility index (Phi) is 5.11. The van der Waals surface area contributed by atoms with Gasteiger partial charge < -0.3 is 5.73 Å². The monoisotopic (exact) mass is 211 g/mol. The van der Waals surface area contributed by atoms with Gasteiger partial charge in [0.2, 0.25) is 0 Å². The predicted octanol–water partition coefficient (Wildman–Crippen LogP) is 4.11. The van der Waals surface area contributed by atoms with E-state index in [-0.39, 0.29) is 0 Å². The molecule has 0 aromatic heterocycles. The first-order valence-corrected chi connectivity index (χ1v) is 6.73. The Labute approximate surface area is 95.8 Å². The molecule has 1 aliphatic rings. The molecule has 0 bridgehead atoms. The molecule has 1 atom stereocenters. The Morgan fingerprint density at radius 2 is 1.73 bits per heavy atom. The van der Waals surface area contributed by atoms with Crippen molar-refractivity contribution in [3.63, 3.8) is 0 Å². The van der Waals surface area contributed by atoms with Crippen molar-refractivity contribution in [3.05, 3.63) is 0 Å². The second-order valence-electron chi connectivity index (χ2n) is 6.59. The molecule has 1 unspecified atom stereocenters. The fourth-order valence-electron chi connectivity index (χ4n) is 2.51. The van der Waals surface area contributed by atoms with E-state index in [1.54, 1.807) is 0 Å². The average Bonchev–Trinajstić information content (AvgIpc) is 2.62. The van der Waals surface area contributed by atoms with Crippen molar-refractivity contribution >= 4 is 0 Å². The number of rotatable bonds is 5. The van der Waals surface area contributed by atoms with Gasteiger partial charge in [0.05, 0.1) is 0 Å². The Balaban J connectivity index is 2.05. The third-order valence-corrected chi connectivity index (χ3v) is 3.69. The summed E-state index contributed by atoms with van der Waals surface area (Å²) in [5.41, 5.74) is 6.61. The van der Waals surface area contributed by atoms with Crippen LogP contribution in [0.3, 0.4) is 0 Å². The molecule has 0 amide bonds. The van der Waals surface area contributed by atoms with Gasteiger partial charge in [0, 0.05) is 6.04 Å². The molecule has 0 saturated heterocycles. The van der Waals surface area contributed by atoms with E-state index in [9.17, 15) is 0 Å². The van der Waals surface area contributed by atoms with Crippen molar-refractivity contribution < 1.29 is 0 Å². The molecule has 0 heterocycles. The van der Waals surface area contributed by atoms with Gasteiger partial charge in [-0.05, 0) is 37.0 Å². The van der Waals surface area contributed by atoms with Crippen LogP contribution in [-0.4, -0.2) is 6.04 Å². The molecule has 1 saturated carbocycles. The highest BCUT2D eigenvalue weighted by atomic mass is 14.6. The zero-order chi connectivity index (χ0) is 11.3. The van der Waals surface area contributed by atoms with Crippen LogP contribution in [0.1, 0.15) is 72.1 Å². The summed E-state index contributed by atoms with van der Waals surface area (Å²) in [7, 11) is 0. The lowest BCUT2D eigenvalue weighted by atomic mass is 9.87. The standard InChI is InChI=1S/C14H29N/c1-14(2,3)11-10-13(15)9-8-12-6-4-5-7-12/h12-13H,4-11,15H2,1-3H3. The normalized spacial score (nSPS) is 20.8. The Morgan fingerprint density at radius 1 is 1.13 bits per heavy atom. The van der Waals surface area contributed by atoms with Crippen molar-refractivity contribution in [2.75, 3.05) is 0 Å². The third kappa shape index (κ3) is 6.19. The molecular formula is C14H29N. The van der Waals surface area contributed by atoms with Crippen molar-refractivity contribution in [2.45, 2.75) is 78.2 Å². The summed E-state index contributed by atoms with van der Waals surface area (Å²) in [6, 6.07) is 0.449. The van der Waals surface area contributed by atoms with Crippen LogP contribution >= 0.6 is 0 Å². The lowest BCUT2D eigenvalue weighted by molar-refractivity contribution is 0.334. The fourth-order valence-corrected chi connectivity index (χ4v) is 2.51. The lowest BCUT2D eigenvalue weighted by Gasteiger charge is -2.21. The van der Waals surface area contributed by atoms with Crippen molar-refractivity contribution in [2.24, 2.45) is 17.1 Å². The third-order valence-electron chi connectivity index (χ3n) is 3.69. The number of nitrogens with two attached hydrogens (primary N) is 1. The zero-order valence-corrected chi connectivity index (χ0v) is 10.9.